The molecule has 1 aromatic carbocycles. The van der Waals surface area contributed by atoms with Crippen LogP contribution in [0.2, 0.25) is 0 Å². The van der Waals surface area contributed by atoms with E-state index in [1.54, 1.807) is 19.9 Å². The van der Waals surface area contributed by atoms with Crippen molar-refractivity contribution in [1.29, 1.82) is 0 Å². The monoisotopic (exact) mass is 337 g/mol. The minimum absolute atomic E-state index is 0.0116. The molecule has 1 fully saturated rings. The molecule has 128 valence electrons. The molecule has 0 radical (unpaired) electrons. The average molecular weight is 337 g/mol. The number of benzene rings is 1. The van der Waals surface area contributed by atoms with Gasteiger partial charge in [0.2, 0.25) is 0 Å². The van der Waals surface area contributed by atoms with Crippen LogP contribution in [0.25, 0.3) is 16.8 Å². The van der Waals surface area contributed by atoms with Crippen LogP contribution in [0.1, 0.15) is 35.8 Å². The fraction of sp³-hybridized carbons (Fsp3) is 0.300. The number of hydrogen-bond donors (Lipinski definition) is 0. The van der Waals surface area contributed by atoms with Gasteiger partial charge >= 0.3 is 0 Å². The van der Waals surface area contributed by atoms with Crippen LogP contribution in [0.15, 0.2) is 36.5 Å². The molecular weight excluding hydrogens is 317 g/mol. The molecule has 25 heavy (non-hydrogen) atoms. The van der Waals surface area contributed by atoms with Crippen LogP contribution in [-0.4, -0.2) is 28.3 Å². The van der Waals surface area contributed by atoms with Crippen molar-refractivity contribution in [2.45, 2.75) is 26.7 Å². The number of halogens is 1. The highest BCUT2D eigenvalue weighted by atomic mass is 19.1. The summed E-state index contributed by atoms with van der Waals surface area (Å²) >= 11 is 0. The van der Waals surface area contributed by atoms with Crippen LogP contribution >= 0.6 is 0 Å². The number of imidazole rings is 1. The maximum Gasteiger partial charge on any atom is 0.180 e. The smallest absolute Gasteiger partial charge is 0.180 e. The van der Waals surface area contributed by atoms with Gasteiger partial charge in [-0.2, -0.15) is 0 Å². The number of rotatable bonds is 3. The Balaban J connectivity index is 1.91. The lowest BCUT2D eigenvalue weighted by Crippen LogP contribution is -2.20. The Bertz CT molecular complexity index is 970. The number of aromatic nitrogens is 2. The first-order valence-corrected chi connectivity index (χ1v) is 8.60. The summed E-state index contributed by atoms with van der Waals surface area (Å²) in [6.45, 7) is 5.20. The minimum Gasteiger partial charge on any atom is -0.355 e. The molecule has 1 aliphatic heterocycles. The van der Waals surface area contributed by atoms with Crippen molar-refractivity contribution in [3.8, 4) is 11.1 Å². The summed E-state index contributed by atoms with van der Waals surface area (Å²) in [7, 11) is 0. The van der Waals surface area contributed by atoms with Gasteiger partial charge < -0.3 is 4.90 Å². The van der Waals surface area contributed by atoms with Gasteiger partial charge in [-0.25, -0.2) is 9.37 Å². The van der Waals surface area contributed by atoms with Crippen LogP contribution in [0, 0.1) is 12.7 Å². The molecule has 3 heterocycles. The van der Waals surface area contributed by atoms with Gasteiger partial charge in [0.15, 0.2) is 11.6 Å². The van der Waals surface area contributed by atoms with E-state index in [2.05, 4.69) is 9.88 Å². The van der Waals surface area contributed by atoms with Crippen molar-refractivity contribution in [2.75, 3.05) is 18.0 Å². The average Bonchev–Trinajstić information content (AvgIpc) is 3.23. The molecular formula is C20H20FN3O. The Morgan fingerprint density at radius 2 is 1.92 bits per heavy atom. The second-order valence-corrected chi connectivity index (χ2v) is 6.59. The largest absolute Gasteiger partial charge is 0.355 e. The fourth-order valence-electron chi connectivity index (χ4n) is 3.59. The van der Waals surface area contributed by atoms with E-state index in [9.17, 15) is 9.18 Å². The van der Waals surface area contributed by atoms with Crippen molar-refractivity contribution in [3.63, 3.8) is 0 Å². The third-order valence-corrected chi connectivity index (χ3v) is 4.92. The van der Waals surface area contributed by atoms with Crippen molar-refractivity contribution in [3.05, 3.63) is 53.6 Å². The van der Waals surface area contributed by atoms with E-state index in [0.29, 0.717) is 11.3 Å². The third-order valence-electron chi connectivity index (χ3n) is 4.92. The molecule has 0 spiro atoms. The summed E-state index contributed by atoms with van der Waals surface area (Å²) in [6.07, 6.45) is 4.14. The van der Waals surface area contributed by atoms with Gasteiger partial charge in [-0.15, -0.1) is 0 Å². The number of pyridine rings is 1. The summed E-state index contributed by atoms with van der Waals surface area (Å²) < 4.78 is 15.8. The Morgan fingerprint density at radius 1 is 1.16 bits per heavy atom. The number of carbonyl (C=O) groups excluding carboxylic acids is 1. The van der Waals surface area contributed by atoms with E-state index in [0.717, 1.165) is 48.5 Å². The van der Waals surface area contributed by atoms with E-state index in [4.69, 9.17) is 0 Å². The number of hydrogen-bond acceptors (Lipinski definition) is 3. The molecule has 4 rings (SSSR count). The first-order valence-electron chi connectivity index (χ1n) is 8.60. The number of fused-ring (bicyclic) bond motifs is 1. The summed E-state index contributed by atoms with van der Waals surface area (Å²) in [5, 5.41) is 0. The van der Waals surface area contributed by atoms with Gasteiger partial charge in [0.1, 0.15) is 17.2 Å². The highest BCUT2D eigenvalue weighted by Crippen LogP contribution is 2.30. The Hall–Kier alpha value is -2.69. The Morgan fingerprint density at radius 3 is 2.64 bits per heavy atom. The van der Waals surface area contributed by atoms with Gasteiger partial charge in [0.25, 0.3) is 0 Å². The predicted molar refractivity (Wildman–Crippen MR) is 96.8 cm³/mol. The topological polar surface area (TPSA) is 37.6 Å². The van der Waals surface area contributed by atoms with Crippen LogP contribution in [0.3, 0.4) is 0 Å². The summed E-state index contributed by atoms with van der Waals surface area (Å²) in [4.78, 5) is 19.2. The van der Waals surface area contributed by atoms with Gasteiger partial charge in [0, 0.05) is 26.2 Å². The standard InChI is InChI=1S/C20H20FN3O/c1-13-16(6-5-7-17(13)21)15-8-9-18-22-20(23-10-3-4-11-23)19(14(2)25)24(18)12-15/h5-9,12H,3-4,10-11H2,1-2H3. The molecule has 0 unspecified atom stereocenters. The van der Waals surface area contributed by atoms with Crippen molar-refractivity contribution in [2.24, 2.45) is 0 Å². The highest BCUT2D eigenvalue weighted by molar-refractivity contribution is 5.98. The van der Waals surface area contributed by atoms with Gasteiger partial charge in [-0.3, -0.25) is 9.20 Å². The minimum atomic E-state index is -0.229. The molecule has 2 aromatic heterocycles. The molecule has 0 N–H and O–H groups in total. The molecule has 5 heteroatoms. The second-order valence-electron chi connectivity index (χ2n) is 6.59. The van der Waals surface area contributed by atoms with Crippen molar-refractivity contribution in [1.82, 2.24) is 9.38 Å². The molecule has 4 nitrogen and oxygen atoms in total. The quantitative estimate of drug-likeness (QED) is 0.671. The number of ketones is 1. The zero-order chi connectivity index (χ0) is 17.6. The number of carbonyl (C=O) groups is 1. The zero-order valence-electron chi connectivity index (χ0n) is 14.4. The summed E-state index contributed by atoms with van der Waals surface area (Å²) in [5.74, 6) is 0.522. The molecule has 0 amide bonds. The van der Waals surface area contributed by atoms with Gasteiger partial charge in [-0.1, -0.05) is 12.1 Å². The predicted octanol–water partition coefficient (Wildman–Crippen LogP) is 4.25. The van der Waals surface area contributed by atoms with Crippen LogP contribution in [0.4, 0.5) is 10.2 Å². The van der Waals surface area contributed by atoms with Crippen LogP contribution in [-0.2, 0) is 0 Å². The lowest BCUT2D eigenvalue weighted by molar-refractivity contribution is 0.101. The summed E-state index contributed by atoms with van der Waals surface area (Å²) in [6, 6.07) is 8.89. The highest BCUT2D eigenvalue weighted by Gasteiger charge is 2.23. The normalized spacial score (nSPS) is 14.4. The molecule has 0 bridgehead atoms. The van der Waals surface area contributed by atoms with E-state index in [1.165, 1.54) is 6.07 Å². The van der Waals surface area contributed by atoms with Gasteiger partial charge in [-0.05, 0) is 54.7 Å². The lowest BCUT2D eigenvalue weighted by atomic mass is 10.0. The Labute approximate surface area is 145 Å². The number of Topliss-reactive ketones (excluding diaryl/α,β-unsaturated/α-hetero) is 1. The first kappa shape index (κ1) is 15.8. The molecule has 3 aromatic rings. The number of anilines is 1. The van der Waals surface area contributed by atoms with E-state index in [1.807, 2.05) is 28.8 Å². The van der Waals surface area contributed by atoms with Gasteiger partial charge in [0.05, 0.1) is 0 Å². The maximum absolute atomic E-state index is 13.9. The Kier molecular flexibility index (Phi) is 3.79. The van der Waals surface area contributed by atoms with Crippen molar-refractivity contribution >= 4 is 17.2 Å². The van der Waals surface area contributed by atoms with E-state index in [-0.39, 0.29) is 11.6 Å². The first-order chi connectivity index (χ1) is 12.1. The van der Waals surface area contributed by atoms with E-state index >= 15 is 0 Å². The molecule has 0 saturated carbocycles. The van der Waals surface area contributed by atoms with Crippen LogP contribution in [0.5, 0.6) is 0 Å². The van der Waals surface area contributed by atoms with Crippen molar-refractivity contribution < 1.29 is 9.18 Å². The third kappa shape index (κ3) is 2.60. The molecule has 0 aliphatic carbocycles. The van der Waals surface area contributed by atoms with Crippen LogP contribution < -0.4 is 4.90 Å². The lowest BCUT2D eigenvalue weighted by Gasteiger charge is -2.15. The van der Waals surface area contributed by atoms with E-state index < -0.39 is 0 Å². The molecule has 1 aliphatic rings. The molecule has 1 saturated heterocycles. The fourth-order valence-corrected chi connectivity index (χ4v) is 3.59. The SMILES string of the molecule is CC(=O)c1c(N2CCCC2)nc2ccc(-c3cccc(F)c3C)cn12. The number of nitrogens with zero attached hydrogens (tertiary/aromatic N) is 3. The maximum atomic E-state index is 13.9. The molecule has 0 atom stereocenters. The summed E-state index contributed by atoms with van der Waals surface area (Å²) in [5.41, 5.74) is 3.65. The second kappa shape index (κ2) is 5.99. The zero-order valence-corrected chi connectivity index (χ0v) is 14.4.